The van der Waals surface area contributed by atoms with Crippen molar-refractivity contribution in [1.82, 2.24) is 9.80 Å². The number of nitrogens with zero attached hydrogens (tertiary/aromatic N) is 2. The van der Waals surface area contributed by atoms with E-state index in [1.54, 1.807) is 12.1 Å². The van der Waals surface area contributed by atoms with Crippen molar-refractivity contribution in [1.29, 1.82) is 0 Å². The second kappa shape index (κ2) is 7.81. The zero-order chi connectivity index (χ0) is 16.1. The molecule has 1 aromatic rings. The van der Waals surface area contributed by atoms with Crippen molar-refractivity contribution in [3.63, 3.8) is 0 Å². The van der Waals surface area contributed by atoms with Crippen LogP contribution in [-0.2, 0) is 11.2 Å². The monoisotopic (exact) mass is 326 g/mol. The first-order chi connectivity index (χ1) is 10.5. The van der Waals surface area contributed by atoms with E-state index in [0.717, 1.165) is 25.1 Å². The molecule has 122 valence electrons. The molecule has 1 atom stereocenters. The first-order valence-electron chi connectivity index (χ1n) is 7.65. The van der Waals surface area contributed by atoms with Crippen molar-refractivity contribution >= 4 is 17.5 Å². The van der Waals surface area contributed by atoms with Gasteiger partial charge in [-0.05, 0) is 24.1 Å². The van der Waals surface area contributed by atoms with E-state index in [1.165, 1.54) is 6.07 Å². The minimum Gasteiger partial charge on any atom is -0.508 e. The summed E-state index contributed by atoms with van der Waals surface area (Å²) in [4.78, 5) is 16.4. The lowest BCUT2D eigenvalue weighted by Gasteiger charge is -2.38. The highest BCUT2D eigenvalue weighted by molar-refractivity contribution is 6.31. The van der Waals surface area contributed by atoms with Crippen molar-refractivity contribution < 1.29 is 15.0 Å². The Morgan fingerprint density at radius 1 is 1.32 bits per heavy atom. The van der Waals surface area contributed by atoms with Crippen molar-refractivity contribution in [2.75, 3.05) is 32.8 Å². The molecule has 22 heavy (non-hydrogen) atoms. The maximum atomic E-state index is 12.4. The van der Waals surface area contributed by atoms with Crippen LogP contribution in [-0.4, -0.2) is 64.7 Å². The number of rotatable bonds is 5. The quantitative estimate of drug-likeness (QED) is 0.861. The highest BCUT2D eigenvalue weighted by atomic mass is 35.5. The van der Waals surface area contributed by atoms with E-state index < -0.39 is 0 Å². The molecular formula is C16H23ClN2O3. The largest absolute Gasteiger partial charge is 0.508 e. The van der Waals surface area contributed by atoms with Crippen molar-refractivity contribution in [2.24, 2.45) is 0 Å². The maximum absolute atomic E-state index is 12.4. The molecule has 5 nitrogen and oxygen atoms in total. The molecule has 0 spiro atoms. The van der Waals surface area contributed by atoms with Crippen LogP contribution in [0.15, 0.2) is 18.2 Å². The van der Waals surface area contributed by atoms with E-state index in [2.05, 4.69) is 11.8 Å². The zero-order valence-electron chi connectivity index (χ0n) is 12.8. The van der Waals surface area contributed by atoms with E-state index in [1.807, 2.05) is 4.90 Å². The Balaban J connectivity index is 1.90. The lowest BCUT2D eigenvalue weighted by atomic mass is 10.1. The van der Waals surface area contributed by atoms with Crippen LogP contribution < -0.4 is 0 Å². The molecule has 1 aromatic carbocycles. The second-order valence-corrected chi connectivity index (χ2v) is 6.02. The molecule has 1 heterocycles. The zero-order valence-corrected chi connectivity index (χ0v) is 13.6. The van der Waals surface area contributed by atoms with Crippen LogP contribution in [0.1, 0.15) is 18.9 Å². The summed E-state index contributed by atoms with van der Waals surface area (Å²) in [7, 11) is 0. The molecule has 0 saturated carbocycles. The number of aliphatic hydroxyl groups excluding tert-OH is 1. The number of phenols is 1. The van der Waals surface area contributed by atoms with Gasteiger partial charge < -0.3 is 15.1 Å². The molecule has 1 aliphatic heterocycles. The standard InChI is InChI=1S/C16H23ClN2O3/c1-2-13(11-20)18-5-7-19(8-6-18)16(22)9-12-3-4-14(21)10-15(12)17/h3-4,10,13,20-21H,2,5-9,11H2,1H3. The third-order valence-corrected chi connectivity index (χ3v) is 4.60. The Labute approximate surface area is 136 Å². The fraction of sp³-hybridized carbons (Fsp3) is 0.562. The lowest BCUT2D eigenvalue weighted by Crippen LogP contribution is -2.53. The van der Waals surface area contributed by atoms with Crippen molar-refractivity contribution in [3.05, 3.63) is 28.8 Å². The molecule has 0 bridgehead atoms. The number of amides is 1. The Morgan fingerprint density at radius 2 is 2.00 bits per heavy atom. The third-order valence-electron chi connectivity index (χ3n) is 4.24. The first kappa shape index (κ1) is 17.1. The second-order valence-electron chi connectivity index (χ2n) is 5.61. The van der Waals surface area contributed by atoms with E-state index in [4.69, 9.17) is 11.6 Å². The van der Waals surface area contributed by atoms with Crippen LogP contribution in [0, 0.1) is 0 Å². The van der Waals surface area contributed by atoms with Gasteiger partial charge in [0.05, 0.1) is 13.0 Å². The molecule has 6 heteroatoms. The van der Waals surface area contributed by atoms with Gasteiger partial charge in [-0.15, -0.1) is 0 Å². The molecule has 2 N–H and O–H groups in total. The summed E-state index contributed by atoms with van der Waals surface area (Å²) in [6.07, 6.45) is 1.16. The van der Waals surface area contributed by atoms with Gasteiger partial charge in [0.15, 0.2) is 0 Å². The van der Waals surface area contributed by atoms with Crippen LogP contribution in [0.25, 0.3) is 0 Å². The summed E-state index contributed by atoms with van der Waals surface area (Å²) in [6, 6.07) is 4.86. The van der Waals surface area contributed by atoms with Gasteiger partial charge in [0.1, 0.15) is 5.75 Å². The summed E-state index contributed by atoms with van der Waals surface area (Å²) in [5.74, 6) is 0.147. The summed E-state index contributed by atoms with van der Waals surface area (Å²) < 4.78 is 0. The number of carbonyl (C=O) groups is 1. The first-order valence-corrected chi connectivity index (χ1v) is 8.03. The molecule has 1 aliphatic rings. The third kappa shape index (κ3) is 4.12. The van der Waals surface area contributed by atoms with E-state index in [9.17, 15) is 15.0 Å². The summed E-state index contributed by atoms with van der Waals surface area (Å²) >= 11 is 6.05. The molecule has 2 rings (SSSR count). The fourth-order valence-corrected chi connectivity index (χ4v) is 3.04. The minimum atomic E-state index is 0.0456. The van der Waals surface area contributed by atoms with Crippen LogP contribution in [0.3, 0.4) is 0 Å². The molecule has 0 aromatic heterocycles. The van der Waals surface area contributed by atoms with Gasteiger partial charge in [-0.2, -0.15) is 0 Å². The van der Waals surface area contributed by atoms with E-state index in [0.29, 0.717) is 18.1 Å². The number of hydrogen-bond donors (Lipinski definition) is 2. The molecular weight excluding hydrogens is 304 g/mol. The van der Waals surface area contributed by atoms with Crippen molar-refractivity contribution in [3.8, 4) is 5.75 Å². The van der Waals surface area contributed by atoms with Gasteiger partial charge in [-0.3, -0.25) is 9.69 Å². The summed E-state index contributed by atoms with van der Waals surface area (Å²) in [5, 5.41) is 19.1. The normalized spacial score (nSPS) is 17.5. The van der Waals surface area contributed by atoms with Crippen LogP contribution in [0.4, 0.5) is 0 Å². The number of aliphatic hydroxyl groups is 1. The molecule has 0 radical (unpaired) electrons. The average molecular weight is 327 g/mol. The van der Waals surface area contributed by atoms with E-state index in [-0.39, 0.29) is 30.7 Å². The topological polar surface area (TPSA) is 64.0 Å². The van der Waals surface area contributed by atoms with Crippen LogP contribution >= 0.6 is 11.6 Å². The maximum Gasteiger partial charge on any atom is 0.227 e. The Kier molecular flexibility index (Phi) is 6.06. The number of hydrogen-bond acceptors (Lipinski definition) is 4. The number of benzene rings is 1. The van der Waals surface area contributed by atoms with Gasteiger partial charge in [0.25, 0.3) is 0 Å². The Bertz CT molecular complexity index is 512. The molecule has 1 saturated heterocycles. The van der Waals surface area contributed by atoms with Gasteiger partial charge in [0.2, 0.25) is 5.91 Å². The molecule has 1 unspecified atom stereocenters. The Hall–Kier alpha value is -1.30. The number of phenolic OH excluding ortho intramolecular Hbond substituents is 1. The fourth-order valence-electron chi connectivity index (χ4n) is 2.79. The summed E-state index contributed by atoms with van der Waals surface area (Å²) in [6.45, 7) is 5.14. The van der Waals surface area contributed by atoms with Gasteiger partial charge >= 0.3 is 0 Å². The minimum absolute atomic E-state index is 0.0456. The smallest absolute Gasteiger partial charge is 0.227 e. The molecule has 1 amide bonds. The molecule has 1 fully saturated rings. The van der Waals surface area contributed by atoms with Gasteiger partial charge in [0, 0.05) is 37.2 Å². The van der Waals surface area contributed by atoms with Gasteiger partial charge in [-0.1, -0.05) is 24.6 Å². The van der Waals surface area contributed by atoms with Crippen molar-refractivity contribution in [2.45, 2.75) is 25.8 Å². The predicted molar refractivity (Wildman–Crippen MR) is 86.1 cm³/mol. The number of carbonyl (C=O) groups excluding carboxylic acids is 1. The van der Waals surface area contributed by atoms with E-state index >= 15 is 0 Å². The lowest BCUT2D eigenvalue weighted by molar-refractivity contribution is -0.132. The SMILES string of the molecule is CCC(CO)N1CCN(C(=O)Cc2ccc(O)cc2Cl)CC1. The highest BCUT2D eigenvalue weighted by Crippen LogP contribution is 2.22. The average Bonchev–Trinajstić information content (AvgIpc) is 2.52. The highest BCUT2D eigenvalue weighted by Gasteiger charge is 2.25. The van der Waals surface area contributed by atoms with Crippen LogP contribution in [0.5, 0.6) is 5.75 Å². The van der Waals surface area contributed by atoms with Gasteiger partial charge in [-0.25, -0.2) is 0 Å². The molecule has 0 aliphatic carbocycles. The number of piperazine rings is 1. The summed E-state index contributed by atoms with van der Waals surface area (Å²) in [5.41, 5.74) is 0.730. The number of aromatic hydroxyl groups is 1. The number of halogens is 1. The van der Waals surface area contributed by atoms with Crippen LogP contribution in [0.2, 0.25) is 5.02 Å². The Morgan fingerprint density at radius 3 is 2.55 bits per heavy atom. The predicted octanol–water partition coefficient (Wildman–Crippen LogP) is 1.50.